The molecule has 3 aliphatic rings. The summed E-state index contributed by atoms with van der Waals surface area (Å²) in [4.78, 5) is 41.9. The van der Waals surface area contributed by atoms with Crippen molar-refractivity contribution in [3.63, 3.8) is 0 Å². The van der Waals surface area contributed by atoms with Crippen LogP contribution >= 0.6 is 0 Å². The molecule has 0 spiro atoms. The number of hydrogen-bond donors (Lipinski definition) is 2. The molecule has 0 aromatic heterocycles. The van der Waals surface area contributed by atoms with Crippen LogP contribution in [-0.4, -0.2) is 84.4 Å². The highest BCUT2D eigenvalue weighted by atomic mass is 32.2. The van der Waals surface area contributed by atoms with Gasteiger partial charge in [-0.2, -0.15) is 0 Å². The summed E-state index contributed by atoms with van der Waals surface area (Å²) in [5.41, 5.74) is 6.40. The minimum Gasteiger partial charge on any atom is -0.469 e. The van der Waals surface area contributed by atoms with Crippen LogP contribution < -0.4 is 14.8 Å². The molecule has 2 N–H and O–H groups in total. The predicted octanol–water partition coefficient (Wildman–Crippen LogP) is 7.74. The molecule has 5 aromatic rings. The third kappa shape index (κ3) is 9.36. The number of esters is 1. The lowest BCUT2D eigenvalue weighted by Crippen LogP contribution is -2.56. The second-order valence-corrected chi connectivity index (χ2v) is 18.2. The first kappa shape index (κ1) is 43.6. The quantitative estimate of drug-likeness (QED) is 0.0751. The molecule has 0 unspecified atom stereocenters. The van der Waals surface area contributed by atoms with Gasteiger partial charge in [-0.25, -0.2) is 17.9 Å². The number of fused-ring (bicyclic) bond motifs is 5. The van der Waals surface area contributed by atoms with E-state index in [2.05, 4.69) is 22.2 Å². The molecule has 2 heterocycles. The van der Waals surface area contributed by atoms with Crippen LogP contribution in [0.25, 0.3) is 11.1 Å². The first-order chi connectivity index (χ1) is 30.6. The van der Waals surface area contributed by atoms with Gasteiger partial charge in [0.1, 0.15) is 18.1 Å². The summed E-state index contributed by atoms with van der Waals surface area (Å²) in [7, 11) is -1.09. The maximum absolute atomic E-state index is 14.6. The number of para-hydroxylation sites is 2. The summed E-state index contributed by atoms with van der Waals surface area (Å²) in [5, 5.41) is 3.27. The van der Waals surface area contributed by atoms with Gasteiger partial charge in [-0.3, -0.25) is 9.59 Å². The zero-order valence-electron chi connectivity index (χ0n) is 35.6. The van der Waals surface area contributed by atoms with Gasteiger partial charge >= 0.3 is 12.1 Å². The molecule has 1 saturated heterocycles. The van der Waals surface area contributed by atoms with E-state index in [-0.39, 0.29) is 61.8 Å². The van der Waals surface area contributed by atoms with Crippen molar-refractivity contribution in [3.8, 4) is 22.6 Å². The fourth-order valence-corrected chi connectivity index (χ4v) is 10.7. The number of benzene rings is 5. The van der Waals surface area contributed by atoms with Crippen molar-refractivity contribution in [1.82, 2.24) is 14.9 Å². The number of ether oxygens (including phenoxy) is 4. The molecule has 2 aliphatic heterocycles. The second-order valence-electron chi connectivity index (χ2n) is 16.5. The maximum atomic E-state index is 14.6. The van der Waals surface area contributed by atoms with E-state index in [1.807, 2.05) is 84.9 Å². The van der Waals surface area contributed by atoms with Crippen molar-refractivity contribution < 1.29 is 41.7 Å². The number of piperidine rings is 1. The summed E-state index contributed by atoms with van der Waals surface area (Å²) in [6.45, 7) is 0.958. The number of nitrogens with one attached hydrogen (secondary N) is 2. The third-order valence-electron chi connectivity index (χ3n) is 12.6. The van der Waals surface area contributed by atoms with Crippen LogP contribution in [-0.2, 0) is 45.7 Å². The summed E-state index contributed by atoms with van der Waals surface area (Å²) in [5.74, 6) is -0.165. The zero-order valence-corrected chi connectivity index (χ0v) is 36.4. The average molecular weight is 872 g/mol. The van der Waals surface area contributed by atoms with Crippen LogP contribution in [0, 0.1) is 5.92 Å². The van der Waals surface area contributed by atoms with E-state index in [4.69, 9.17) is 18.9 Å². The van der Waals surface area contributed by atoms with E-state index in [9.17, 15) is 22.8 Å². The van der Waals surface area contributed by atoms with Crippen LogP contribution in [0.3, 0.4) is 0 Å². The Morgan fingerprint density at radius 2 is 1.40 bits per heavy atom. The summed E-state index contributed by atoms with van der Waals surface area (Å²) >= 11 is 0. The lowest BCUT2D eigenvalue weighted by Gasteiger charge is -2.41. The molecule has 12 nitrogen and oxygen atoms in total. The number of aryl methyl sites for hydroxylation is 1. The summed E-state index contributed by atoms with van der Waals surface area (Å²) < 4.78 is 53.2. The second kappa shape index (κ2) is 19.2. The van der Waals surface area contributed by atoms with Crippen LogP contribution in [0.15, 0.2) is 126 Å². The van der Waals surface area contributed by atoms with Gasteiger partial charge in [0.25, 0.3) is 0 Å². The van der Waals surface area contributed by atoms with E-state index in [1.54, 1.807) is 19.2 Å². The van der Waals surface area contributed by atoms with Crippen molar-refractivity contribution >= 4 is 28.0 Å². The Morgan fingerprint density at radius 3 is 2.03 bits per heavy atom. The van der Waals surface area contributed by atoms with Gasteiger partial charge in [-0.1, -0.05) is 97.1 Å². The normalized spacial score (nSPS) is 17.3. The van der Waals surface area contributed by atoms with Crippen molar-refractivity contribution in [2.75, 3.05) is 47.1 Å². The molecule has 2 amide bonds. The highest BCUT2D eigenvalue weighted by molar-refractivity contribution is 7.89. The number of nitrogens with zero attached hydrogens (tertiary/aromatic N) is 1. The molecule has 328 valence electrons. The first-order valence-corrected chi connectivity index (χ1v) is 23.0. The van der Waals surface area contributed by atoms with Crippen LogP contribution in [0.5, 0.6) is 11.5 Å². The lowest BCUT2D eigenvalue weighted by atomic mass is 9.69. The van der Waals surface area contributed by atoms with Crippen LogP contribution in [0.1, 0.15) is 65.8 Å². The molecule has 0 radical (unpaired) electrons. The number of sulfonamides is 1. The number of unbranched alkanes of at least 4 members (excludes halogenated alkanes) is 1. The fraction of sp³-hybridized carbons (Fsp3) is 0.340. The number of hydrogen-bond acceptors (Lipinski definition) is 9. The number of carbonyl (C=O) groups is 3. The van der Waals surface area contributed by atoms with Crippen molar-refractivity contribution in [2.24, 2.45) is 5.92 Å². The monoisotopic (exact) mass is 871 g/mol. The zero-order chi connectivity index (χ0) is 44.0. The Hall–Kier alpha value is -6.02. The molecular weight excluding hydrogens is 819 g/mol. The molecule has 1 aliphatic carbocycles. The topological polar surface area (TPSA) is 150 Å². The molecule has 0 saturated carbocycles. The molecule has 8 rings (SSSR count). The van der Waals surface area contributed by atoms with Gasteiger partial charge in [-0.15, -0.1) is 0 Å². The molecule has 5 aromatic carbocycles. The minimum atomic E-state index is -4.10. The van der Waals surface area contributed by atoms with Crippen LogP contribution in [0.2, 0.25) is 0 Å². The minimum absolute atomic E-state index is 0.00156. The highest BCUT2D eigenvalue weighted by Crippen LogP contribution is 2.50. The SMILES string of the molecule is COCCCCC1(CNC(=O)[C@H]2C[C@@H](NS(=O)(=O)c3ccc(CCC(=O)OC)cc3)CN(C(=O)OCC3c4ccccc4-c4ccccc43)C2)c2ccccc2Oc2ccccc21. The van der Waals surface area contributed by atoms with Gasteiger partial charge in [0.15, 0.2) is 0 Å². The van der Waals surface area contributed by atoms with Crippen molar-refractivity contribution in [1.29, 1.82) is 0 Å². The summed E-state index contributed by atoms with van der Waals surface area (Å²) in [6, 6.07) is 37.4. The van der Waals surface area contributed by atoms with E-state index < -0.39 is 33.5 Å². The Labute approximate surface area is 369 Å². The predicted molar refractivity (Wildman–Crippen MR) is 238 cm³/mol. The molecule has 1 fully saturated rings. The first-order valence-electron chi connectivity index (χ1n) is 21.5. The molecule has 0 bridgehead atoms. The molecule has 63 heavy (non-hydrogen) atoms. The highest BCUT2D eigenvalue weighted by Gasteiger charge is 2.43. The smallest absolute Gasteiger partial charge is 0.409 e. The average Bonchev–Trinajstić information content (AvgIpc) is 3.63. The third-order valence-corrected chi connectivity index (χ3v) is 14.1. The lowest BCUT2D eigenvalue weighted by molar-refractivity contribution is -0.140. The van der Waals surface area contributed by atoms with Gasteiger partial charge in [-0.05, 0) is 84.2 Å². The number of carbonyl (C=O) groups excluding carboxylic acids is 3. The Bertz CT molecular complexity index is 2470. The summed E-state index contributed by atoms with van der Waals surface area (Å²) in [6.07, 6.45) is 2.43. The van der Waals surface area contributed by atoms with E-state index in [0.717, 1.165) is 63.3 Å². The molecular formula is C50H53N3O9S. The van der Waals surface area contributed by atoms with Crippen LogP contribution in [0.4, 0.5) is 4.79 Å². The number of amides is 2. The molecule has 2 atom stereocenters. The van der Waals surface area contributed by atoms with Gasteiger partial charge in [0.2, 0.25) is 15.9 Å². The Kier molecular flexibility index (Phi) is 13.3. The molecule has 13 heteroatoms. The van der Waals surface area contributed by atoms with Gasteiger partial charge in [0, 0.05) is 68.3 Å². The Balaban J connectivity index is 1.04. The van der Waals surface area contributed by atoms with E-state index in [1.165, 1.54) is 24.1 Å². The van der Waals surface area contributed by atoms with Crippen molar-refractivity contribution in [2.45, 2.75) is 60.8 Å². The maximum Gasteiger partial charge on any atom is 0.409 e. The van der Waals surface area contributed by atoms with E-state index in [0.29, 0.717) is 19.4 Å². The number of likely N-dealkylation sites (tertiary alicyclic amines) is 1. The van der Waals surface area contributed by atoms with Gasteiger partial charge < -0.3 is 29.2 Å². The largest absolute Gasteiger partial charge is 0.469 e. The Morgan fingerprint density at radius 1 is 0.778 bits per heavy atom. The fourth-order valence-electron chi connectivity index (χ4n) is 9.45. The number of methoxy groups -OCH3 is 2. The number of rotatable bonds is 16. The van der Waals surface area contributed by atoms with E-state index >= 15 is 0 Å². The van der Waals surface area contributed by atoms with Crippen molar-refractivity contribution in [3.05, 3.63) is 149 Å². The van der Waals surface area contributed by atoms with Gasteiger partial charge in [0.05, 0.1) is 17.9 Å². The standard InChI is InChI=1S/C50H53N3O9S/c1-59-28-12-11-27-50(43-17-7-9-19-45(43)62-46-20-10-8-18-44(46)50)33-51-48(55)35-29-36(52-63(57,58)37-24-21-34(22-25-37)23-26-47(54)60-2)31-53(30-35)49(56)61-32-42-40-15-5-3-13-38(40)39-14-4-6-16-41(39)42/h3-10,13-22,24-25,35-36,42,52H,11-12,23,26-33H2,1-2H3,(H,51,55)/t35-,36+/m0/s1.